The van der Waals surface area contributed by atoms with Crippen molar-refractivity contribution in [3.05, 3.63) is 12.2 Å². The number of allylic oxidation sites excluding steroid dienone is 2. The van der Waals surface area contributed by atoms with Gasteiger partial charge in [0.05, 0.1) is 39.6 Å². The van der Waals surface area contributed by atoms with Crippen LogP contribution in [-0.2, 0) is 28.6 Å². The van der Waals surface area contributed by atoms with Gasteiger partial charge in [0.2, 0.25) is 5.91 Å². The molecule has 0 aromatic carbocycles. The van der Waals surface area contributed by atoms with Crippen LogP contribution in [0.25, 0.3) is 0 Å². The van der Waals surface area contributed by atoms with Crippen LogP contribution < -0.4 is 16.5 Å². The first-order valence-corrected chi connectivity index (χ1v) is 10.1. The highest BCUT2D eigenvalue weighted by Crippen LogP contribution is 2.15. The maximum absolute atomic E-state index is 11.8. The Morgan fingerprint density at radius 2 is 1.48 bits per heavy atom. The van der Waals surface area contributed by atoms with Crippen LogP contribution >= 0.6 is 0 Å². The molecular weight excluding hydrogens is 382 g/mol. The molecule has 1 aliphatic rings. The lowest BCUT2D eigenvalue weighted by Crippen LogP contribution is -2.32. The van der Waals surface area contributed by atoms with E-state index in [1.807, 2.05) is 0 Å². The van der Waals surface area contributed by atoms with Gasteiger partial charge >= 0.3 is 6.09 Å². The van der Waals surface area contributed by atoms with Crippen molar-refractivity contribution in [3.63, 3.8) is 0 Å². The average Bonchev–Trinajstić information content (AvgIpc) is 2.67. The van der Waals surface area contributed by atoms with Crippen LogP contribution in [0, 0.1) is 0 Å². The average molecular weight is 418 g/mol. The van der Waals surface area contributed by atoms with Crippen LogP contribution in [0.15, 0.2) is 12.2 Å². The van der Waals surface area contributed by atoms with E-state index in [0.717, 1.165) is 32.1 Å². The fraction of sp³-hybridized carbons (Fsp3) is 0.789. The molecule has 0 unspecified atom stereocenters. The van der Waals surface area contributed by atoms with Gasteiger partial charge in [-0.15, -0.1) is 0 Å². The quantitative estimate of drug-likeness (QED) is 0.201. The third kappa shape index (κ3) is 15.8. The number of hydrogen-bond donors (Lipinski definition) is 3. The number of carbonyl (C=O) groups is 2. The van der Waals surface area contributed by atoms with Crippen molar-refractivity contribution in [3.8, 4) is 0 Å². The molecule has 0 heterocycles. The van der Waals surface area contributed by atoms with E-state index in [9.17, 15) is 9.59 Å². The number of rotatable bonds is 15. The predicted molar refractivity (Wildman–Crippen MR) is 106 cm³/mol. The van der Waals surface area contributed by atoms with E-state index in [1.54, 1.807) is 0 Å². The molecular formula is C19H35N3O7. The Labute approximate surface area is 172 Å². The van der Waals surface area contributed by atoms with E-state index in [0.29, 0.717) is 52.7 Å². The number of amides is 2. The van der Waals surface area contributed by atoms with E-state index in [-0.39, 0.29) is 24.7 Å². The number of ether oxygens (including phenoxy) is 4. The van der Waals surface area contributed by atoms with E-state index in [4.69, 9.17) is 24.8 Å². The van der Waals surface area contributed by atoms with Gasteiger partial charge in [-0.1, -0.05) is 12.2 Å². The molecule has 0 saturated carbocycles. The van der Waals surface area contributed by atoms with E-state index < -0.39 is 0 Å². The third-order valence-corrected chi connectivity index (χ3v) is 4.04. The zero-order valence-corrected chi connectivity index (χ0v) is 17.1. The summed E-state index contributed by atoms with van der Waals surface area (Å²) in [4.78, 5) is 27.0. The van der Waals surface area contributed by atoms with Gasteiger partial charge in [-0.3, -0.25) is 9.63 Å². The Morgan fingerprint density at radius 3 is 2.17 bits per heavy atom. The summed E-state index contributed by atoms with van der Waals surface area (Å²) in [6, 6.07) is 0. The molecule has 2 amide bonds. The minimum Gasteiger partial charge on any atom is -0.446 e. The molecule has 0 bridgehead atoms. The molecule has 0 saturated heterocycles. The van der Waals surface area contributed by atoms with Crippen LogP contribution in [0.2, 0.25) is 0 Å². The zero-order chi connectivity index (χ0) is 21.0. The van der Waals surface area contributed by atoms with Crippen LogP contribution in [0.4, 0.5) is 4.79 Å². The summed E-state index contributed by atoms with van der Waals surface area (Å²) in [7, 11) is 0. The molecule has 0 aliphatic heterocycles. The Hall–Kier alpha value is -1.72. The van der Waals surface area contributed by atoms with Crippen molar-refractivity contribution in [2.75, 3.05) is 59.3 Å². The van der Waals surface area contributed by atoms with Crippen molar-refractivity contribution in [2.45, 2.75) is 38.2 Å². The first-order valence-electron chi connectivity index (χ1n) is 10.1. The van der Waals surface area contributed by atoms with E-state index >= 15 is 0 Å². The summed E-state index contributed by atoms with van der Waals surface area (Å²) in [6.45, 7) is 3.13. The van der Waals surface area contributed by atoms with Crippen molar-refractivity contribution < 1.29 is 33.4 Å². The van der Waals surface area contributed by atoms with Crippen molar-refractivity contribution in [1.82, 2.24) is 10.6 Å². The van der Waals surface area contributed by atoms with Crippen LogP contribution in [0.1, 0.15) is 32.1 Å². The molecule has 10 heteroatoms. The lowest BCUT2D eigenvalue weighted by molar-refractivity contribution is -0.126. The lowest BCUT2D eigenvalue weighted by Gasteiger charge is -2.18. The monoisotopic (exact) mass is 417 g/mol. The SMILES string of the molecule is NOCC(=O)NCCOCCOCCOCCNC(=O)O[C@@H]1CCC=CCCC1. The predicted octanol–water partition coefficient (Wildman–Crippen LogP) is 0.658. The second-order valence-corrected chi connectivity index (χ2v) is 6.43. The Bertz CT molecular complexity index is 463. The highest BCUT2D eigenvalue weighted by Gasteiger charge is 2.14. The number of carbonyl (C=O) groups excluding carboxylic acids is 2. The van der Waals surface area contributed by atoms with Gasteiger partial charge in [-0.25, -0.2) is 10.7 Å². The summed E-state index contributed by atoms with van der Waals surface area (Å²) in [6.07, 6.45) is 8.77. The minimum absolute atomic E-state index is 0.00675. The molecule has 4 N–H and O–H groups in total. The number of alkyl carbamates (subject to hydrolysis) is 1. The molecule has 0 spiro atoms. The summed E-state index contributed by atoms with van der Waals surface area (Å²) >= 11 is 0. The largest absolute Gasteiger partial charge is 0.446 e. The van der Waals surface area contributed by atoms with Crippen molar-refractivity contribution in [1.29, 1.82) is 0 Å². The summed E-state index contributed by atoms with van der Waals surface area (Å²) < 4.78 is 21.5. The molecule has 0 fully saturated rings. The lowest BCUT2D eigenvalue weighted by atomic mass is 10.0. The van der Waals surface area contributed by atoms with Crippen molar-refractivity contribution >= 4 is 12.0 Å². The smallest absolute Gasteiger partial charge is 0.407 e. The maximum atomic E-state index is 11.8. The van der Waals surface area contributed by atoms with E-state index in [1.165, 1.54) is 0 Å². The van der Waals surface area contributed by atoms with Crippen molar-refractivity contribution in [2.24, 2.45) is 5.90 Å². The summed E-state index contributed by atoms with van der Waals surface area (Å²) in [5, 5.41) is 5.28. The molecule has 1 aliphatic carbocycles. The first-order chi connectivity index (χ1) is 14.2. The van der Waals surface area contributed by atoms with Gasteiger partial charge in [-0.05, 0) is 32.1 Å². The number of nitrogens with one attached hydrogen (secondary N) is 2. The van der Waals surface area contributed by atoms with Gasteiger partial charge in [0.25, 0.3) is 0 Å². The second kappa shape index (κ2) is 18.3. The van der Waals surface area contributed by atoms with Crippen LogP contribution in [0.5, 0.6) is 0 Å². The topological polar surface area (TPSA) is 130 Å². The van der Waals surface area contributed by atoms with E-state index in [2.05, 4.69) is 27.6 Å². The minimum atomic E-state index is -0.386. The highest BCUT2D eigenvalue weighted by atomic mass is 16.6. The summed E-state index contributed by atoms with van der Waals surface area (Å²) in [5.74, 6) is 4.49. The standard InChI is InChI=1S/C19H35N3O7/c20-28-16-18(23)21-8-10-25-12-14-27-15-13-26-11-9-22-19(24)29-17-6-4-2-1-3-5-7-17/h1-2,17H,3-16,20H2,(H,21,23)(H,22,24)/t17-/m1/s1. The third-order valence-electron chi connectivity index (χ3n) is 4.04. The maximum Gasteiger partial charge on any atom is 0.407 e. The zero-order valence-electron chi connectivity index (χ0n) is 17.1. The molecule has 168 valence electrons. The normalized spacial score (nSPS) is 16.7. The molecule has 1 atom stereocenters. The number of hydrogen-bond acceptors (Lipinski definition) is 8. The highest BCUT2D eigenvalue weighted by molar-refractivity contribution is 5.77. The van der Waals surface area contributed by atoms with Gasteiger partial charge in [-0.2, -0.15) is 0 Å². The Kier molecular flexibility index (Phi) is 16.0. The molecule has 0 aromatic rings. The fourth-order valence-corrected chi connectivity index (χ4v) is 2.59. The Morgan fingerprint density at radius 1 is 0.862 bits per heavy atom. The van der Waals surface area contributed by atoms with Gasteiger partial charge in [0.1, 0.15) is 12.7 Å². The first kappa shape index (κ1) is 25.3. The van der Waals surface area contributed by atoms with Gasteiger partial charge in [0, 0.05) is 13.1 Å². The second-order valence-electron chi connectivity index (χ2n) is 6.43. The molecule has 10 nitrogen and oxygen atoms in total. The Balaban J connectivity index is 1.82. The fourth-order valence-electron chi connectivity index (χ4n) is 2.59. The molecule has 0 aromatic heterocycles. The number of nitrogens with two attached hydrogens (primary N) is 1. The molecule has 1 rings (SSSR count). The molecule has 0 radical (unpaired) electrons. The summed E-state index contributed by atoms with van der Waals surface area (Å²) in [5.41, 5.74) is 0. The van der Waals surface area contributed by atoms with Gasteiger partial charge in [0.15, 0.2) is 0 Å². The molecule has 29 heavy (non-hydrogen) atoms. The van der Waals surface area contributed by atoms with Crippen LogP contribution in [-0.4, -0.2) is 77.4 Å². The van der Waals surface area contributed by atoms with Gasteiger partial charge < -0.3 is 29.6 Å². The van der Waals surface area contributed by atoms with Crippen LogP contribution in [0.3, 0.4) is 0 Å².